The number of nitrogens with one attached hydrogen (secondary N) is 1. The number of pyridine rings is 1. The van der Waals surface area contributed by atoms with Crippen LogP contribution < -0.4 is 15.6 Å². The van der Waals surface area contributed by atoms with Gasteiger partial charge in [0, 0.05) is 20.8 Å². The van der Waals surface area contributed by atoms with Crippen molar-refractivity contribution in [2.75, 3.05) is 7.11 Å². The predicted octanol–water partition coefficient (Wildman–Crippen LogP) is 3.78. The second-order valence-electron chi connectivity index (χ2n) is 6.79. The Bertz CT molecular complexity index is 1340. The van der Waals surface area contributed by atoms with Gasteiger partial charge in [0.15, 0.2) is 16.9 Å². The van der Waals surface area contributed by atoms with Crippen LogP contribution >= 0.6 is 15.9 Å². The summed E-state index contributed by atoms with van der Waals surface area (Å²) < 4.78 is 7.59. The van der Waals surface area contributed by atoms with Gasteiger partial charge >= 0.3 is 0 Å². The number of phenolic OH excluding ortho intramolecular Hbond substituents is 1. The SMILES string of the molecule is COc1cc(Br)cc(/C=N\NC(=O)Cn2c3ccccc3c(=O)c3ccccc32)c1O. The van der Waals surface area contributed by atoms with Gasteiger partial charge in [0.2, 0.25) is 0 Å². The lowest BCUT2D eigenvalue weighted by molar-refractivity contribution is -0.121. The van der Waals surface area contributed by atoms with E-state index >= 15 is 0 Å². The highest BCUT2D eigenvalue weighted by Crippen LogP contribution is 2.32. The third-order valence-corrected chi connectivity index (χ3v) is 5.32. The van der Waals surface area contributed by atoms with Gasteiger partial charge in [-0.2, -0.15) is 5.10 Å². The lowest BCUT2D eigenvalue weighted by Crippen LogP contribution is -2.25. The van der Waals surface area contributed by atoms with Gasteiger partial charge in [0.25, 0.3) is 5.91 Å². The number of aromatic nitrogens is 1. The molecule has 0 bridgehead atoms. The molecule has 1 heterocycles. The highest BCUT2D eigenvalue weighted by molar-refractivity contribution is 9.10. The van der Waals surface area contributed by atoms with Crippen LogP contribution in [0.3, 0.4) is 0 Å². The molecule has 0 aliphatic rings. The van der Waals surface area contributed by atoms with Crippen molar-refractivity contribution in [3.63, 3.8) is 0 Å². The van der Waals surface area contributed by atoms with Gasteiger partial charge in [-0.3, -0.25) is 9.59 Å². The molecule has 0 atom stereocenters. The standard InChI is InChI=1S/C23H18BrN3O4/c1-31-20-11-15(24)10-14(22(20)29)12-25-26-21(28)13-27-18-8-4-2-6-16(18)23(30)17-7-3-5-9-19(17)27/h2-12,29H,13H2,1H3,(H,26,28)/b25-12-. The molecule has 0 unspecified atom stereocenters. The predicted molar refractivity (Wildman–Crippen MR) is 124 cm³/mol. The Hall–Kier alpha value is -3.65. The van der Waals surface area contributed by atoms with Crippen molar-refractivity contribution in [1.29, 1.82) is 0 Å². The van der Waals surface area contributed by atoms with E-state index in [2.05, 4.69) is 26.5 Å². The van der Waals surface area contributed by atoms with Gasteiger partial charge in [-0.25, -0.2) is 5.43 Å². The number of para-hydroxylation sites is 2. The molecular weight excluding hydrogens is 462 g/mol. The number of rotatable bonds is 5. The fourth-order valence-corrected chi connectivity index (χ4v) is 3.90. The lowest BCUT2D eigenvalue weighted by Gasteiger charge is -2.14. The molecular formula is C23H18BrN3O4. The molecule has 0 saturated heterocycles. The molecule has 7 nitrogen and oxygen atoms in total. The largest absolute Gasteiger partial charge is 0.504 e. The summed E-state index contributed by atoms with van der Waals surface area (Å²) in [6.07, 6.45) is 1.34. The van der Waals surface area contributed by atoms with Crippen LogP contribution in [0.2, 0.25) is 0 Å². The topological polar surface area (TPSA) is 92.9 Å². The van der Waals surface area contributed by atoms with Gasteiger partial charge in [0.05, 0.1) is 24.4 Å². The van der Waals surface area contributed by atoms with Gasteiger partial charge in [-0.15, -0.1) is 0 Å². The average molecular weight is 480 g/mol. The quantitative estimate of drug-likeness (QED) is 0.258. The summed E-state index contributed by atoms with van der Waals surface area (Å²) in [7, 11) is 1.45. The fourth-order valence-electron chi connectivity index (χ4n) is 3.45. The number of carbonyl (C=O) groups excluding carboxylic acids is 1. The maximum atomic E-state index is 12.8. The number of methoxy groups -OCH3 is 1. The first-order chi connectivity index (χ1) is 15.0. The number of fused-ring (bicyclic) bond motifs is 2. The molecule has 0 fully saturated rings. The maximum absolute atomic E-state index is 12.8. The number of benzene rings is 3. The molecule has 31 heavy (non-hydrogen) atoms. The molecule has 0 spiro atoms. The first-order valence-electron chi connectivity index (χ1n) is 9.38. The Morgan fingerprint density at radius 3 is 2.35 bits per heavy atom. The summed E-state index contributed by atoms with van der Waals surface area (Å²) in [5, 5.41) is 15.2. The van der Waals surface area contributed by atoms with E-state index in [0.29, 0.717) is 31.8 Å². The maximum Gasteiger partial charge on any atom is 0.260 e. The van der Waals surface area contributed by atoms with Crippen molar-refractivity contribution in [3.05, 3.63) is 80.9 Å². The zero-order chi connectivity index (χ0) is 22.0. The van der Waals surface area contributed by atoms with E-state index in [4.69, 9.17) is 4.74 Å². The van der Waals surface area contributed by atoms with Crippen LogP contribution in [0.15, 0.2) is 75.0 Å². The molecule has 1 aromatic heterocycles. The van der Waals surface area contributed by atoms with E-state index in [1.54, 1.807) is 41.0 Å². The summed E-state index contributed by atoms with van der Waals surface area (Å²) in [5.41, 5.74) is 4.12. The molecule has 1 amide bonds. The summed E-state index contributed by atoms with van der Waals surface area (Å²) >= 11 is 3.34. The van der Waals surface area contributed by atoms with E-state index in [9.17, 15) is 14.7 Å². The molecule has 4 rings (SSSR count). The Morgan fingerprint density at radius 2 is 1.74 bits per heavy atom. The van der Waals surface area contributed by atoms with Crippen LogP contribution in [0.5, 0.6) is 11.5 Å². The van der Waals surface area contributed by atoms with Crippen molar-refractivity contribution in [1.82, 2.24) is 9.99 Å². The minimum absolute atomic E-state index is 0.0353. The number of ether oxygens (including phenoxy) is 1. The van der Waals surface area contributed by atoms with Crippen molar-refractivity contribution >= 4 is 49.9 Å². The summed E-state index contributed by atoms with van der Waals surface area (Å²) in [6, 6.07) is 17.6. The molecule has 4 aromatic rings. The van der Waals surface area contributed by atoms with Crippen molar-refractivity contribution in [2.45, 2.75) is 6.54 Å². The highest BCUT2D eigenvalue weighted by Gasteiger charge is 2.13. The third-order valence-electron chi connectivity index (χ3n) is 4.86. The lowest BCUT2D eigenvalue weighted by atomic mass is 10.1. The molecule has 0 aliphatic heterocycles. The zero-order valence-electron chi connectivity index (χ0n) is 16.5. The van der Waals surface area contributed by atoms with Crippen molar-refractivity contribution in [2.24, 2.45) is 5.10 Å². The van der Waals surface area contributed by atoms with Gasteiger partial charge in [0.1, 0.15) is 6.54 Å². The molecule has 0 saturated carbocycles. The molecule has 0 radical (unpaired) electrons. The fraction of sp³-hybridized carbons (Fsp3) is 0.0870. The minimum atomic E-state index is -0.378. The number of amides is 1. The molecule has 156 valence electrons. The first kappa shape index (κ1) is 20.6. The summed E-state index contributed by atoms with van der Waals surface area (Å²) in [5.74, 6) is -0.175. The number of hydrogen-bond donors (Lipinski definition) is 2. The van der Waals surface area contributed by atoms with E-state index in [1.807, 2.05) is 24.3 Å². The molecule has 0 aliphatic carbocycles. The molecule has 3 aromatic carbocycles. The number of hydrazone groups is 1. The Morgan fingerprint density at radius 1 is 1.13 bits per heavy atom. The normalized spacial score (nSPS) is 11.3. The van der Waals surface area contributed by atoms with Crippen LogP contribution in [0, 0.1) is 0 Å². The molecule has 2 N–H and O–H groups in total. The summed E-state index contributed by atoms with van der Waals surface area (Å²) in [6.45, 7) is -0.0353. The number of halogens is 1. The second kappa shape index (κ2) is 8.61. The van der Waals surface area contributed by atoms with E-state index in [0.717, 1.165) is 0 Å². The highest BCUT2D eigenvalue weighted by atomic mass is 79.9. The number of carbonyl (C=O) groups is 1. The monoisotopic (exact) mass is 479 g/mol. The zero-order valence-corrected chi connectivity index (χ0v) is 18.1. The van der Waals surface area contributed by atoms with Gasteiger partial charge in [-0.05, 0) is 36.4 Å². The van der Waals surface area contributed by atoms with Gasteiger partial charge < -0.3 is 14.4 Å². The summed E-state index contributed by atoms with van der Waals surface area (Å²) in [4.78, 5) is 25.4. The van der Waals surface area contributed by atoms with E-state index in [1.165, 1.54) is 13.3 Å². The van der Waals surface area contributed by atoms with E-state index in [-0.39, 0.29) is 29.4 Å². The Balaban J connectivity index is 1.64. The van der Waals surface area contributed by atoms with Crippen LogP contribution in [-0.2, 0) is 11.3 Å². The third kappa shape index (κ3) is 4.02. The van der Waals surface area contributed by atoms with Crippen molar-refractivity contribution in [3.8, 4) is 11.5 Å². The molecule has 8 heteroatoms. The second-order valence-corrected chi connectivity index (χ2v) is 7.70. The van der Waals surface area contributed by atoms with E-state index < -0.39 is 0 Å². The van der Waals surface area contributed by atoms with Crippen LogP contribution in [0.4, 0.5) is 0 Å². The number of phenols is 1. The smallest absolute Gasteiger partial charge is 0.260 e. The first-order valence-corrected chi connectivity index (χ1v) is 10.2. The van der Waals surface area contributed by atoms with Crippen LogP contribution in [0.1, 0.15) is 5.56 Å². The van der Waals surface area contributed by atoms with Crippen LogP contribution in [-0.4, -0.2) is 28.9 Å². The Kier molecular flexibility index (Phi) is 5.73. The minimum Gasteiger partial charge on any atom is -0.504 e. The van der Waals surface area contributed by atoms with Crippen molar-refractivity contribution < 1.29 is 14.6 Å². The number of aromatic hydroxyl groups is 1. The number of hydrogen-bond acceptors (Lipinski definition) is 5. The number of nitrogens with zero attached hydrogens (tertiary/aromatic N) is 2. The van der Waals surface area contributed by atoms with Gasteiger partial charge in [-0.1, -0.05) is 40.2 Å². The average Bonchev–Trinajstić information content (AvgIpc) is 2.78. The Labute approximate surface area is 185 Å². The van der Waals surface area contributed by atoms with Crippen LogP contribution in [0.25, 0.3) is 21.8 Å².